The van der Waals surface area contributed by atoms with Crippen molar-refractivity contribution in [1.29, 1.82) is 0 Å². The van der Waals surface area contributed by atoms with Crippen LogP contribution in [0, 0.1) is 11.8 Å². The number of amides is 1. The molecule has 4 rings (SSSR count). The van der Waals surface area contributed by atoms with Crippen molar-refractivity contribution < 1.29 is 4.79 Å². The number of hydrogen-bond donors (Lipinski definition) is 4. The number of aromatic amines is 1. The van der Waals surface area contributed by atoms with E-state index in [1.165, 1.54) is 19.3 Å². The molecule has 0 aliphatic heterocycles. The van der Waals surface area contributed by atoms with Gasteiger partial charge < -0.3 is 21.8 Å². The summed E-state index contributed by atoms with van der Waals surface area (Å²) in [5.41, 5.74) is 14.6. The monoisotopic (exact) mass is 340 g/mol. The first-order chi connectivity index (χ1) is 12.1. The second-order valence-corrected chi connectivity index (χ2v) is 7.89. The van der Waals surface area contributed by atoms with Crippen LogP contribution in [0.4, 0.5) is 0 Å². The number of benzene rings is 1. The van der Waals surface area contributed by atoms with E-state index in [4.69, 9.17) is 11.5 Å². The summed E-state index contributed by atoms with van der Waals surface area (Å²) in [5, 5.41) is 4.42. The lowest BCUT2D eigenvalue weighted by Gasteiger charge is -2.45. The maximum Gasteiger partial charge on any atom is 0.237 e. The summed E-state index contributed by atoms with van der Waals surface area (Å²) in [6, 6.07) is 8.16. The maximum absolute atomic E-state index is 12.7. The summed E-state index contributed by atoms with van der Waals surface area (Å²) in [4.78, 5) is 16.0. The number of rotatable bonds is 4. The van der Waals surface area contributed by atoms with E-state index in [1.54, 1.807) is 0 Å². The fraction of sp³-hybridized carbons (Fsp3) is 0.550. The molecule has 25 heavy (non-hydrogen) atoms. The average Bonchev–Trinajstić information content (AvgIpc) is 2.99. The molecule has 5 nitrogen and oxygen atoms in total. The Morgan fingerprint density at radius 2 is 1.96 bits per heavy atom. The molecule has 2 saturated carbocycles. The third kappa shape index (κ3) is 3.31. The molecule has 1 aromatic carbocycles. The van der Waals surface area contributed by atoms with E-state index in [1.807, 2.05) is 24.4 Å². The Hall–Kier alpha value is -1.85. The van der Waals surface area contributed by atoms with Crippen molar-refractivity contribution in [2.24, 2.45) is 23.3 Å². The van der Waals surface area contributed by atoms with Gasteiger partial charge in [-0.15, -0.1) is 0 Å². The molecule has 1 aromatic heterocycles. The Balaban J connectivity index is 1.42. The van der Waals surface area contributed by atoms with Gasteiger partial charge in [-0.2, -0.15) is 0 Å². The minimum absolute atomic E-state index is 0.0253. The summed E-state index contributed by atoms with van der Waals surface area (Å²) in [6.45, 7) is 0. The van der Waals surface area contributed by atoms with Crippen molar-refractivity contribution in [3.63, 3.8) is 0 Å². The topological polar surface area (TPSA) is 96.9 Å². The first kappa shape index (κ1) is 16.6. The molecule has 1 amide bonds. The van der Waals surface area contributed by atoms with Gasteiger partial charge in [0.1, 0.15) is 0 Å². The molecular formula is C20H28N4O. The number of nitrogens with two attached hydrogens (primary N) is 2. The van der Waals surface area contributed by atoms with Gasteiger partial charge in [0.25, 0.3) is 0 Å². The summed E-state index contributed by atoms with van der Waals surface area (Å²) >= 11 is 0. The minimum atomic E-state index is -0.518. The van der Waals surface area contributed by atoms with Gasteiger partial charge >= 0.3 is 0 Å². The molecule has 0 spiro atoms. The van der Waals surface area contributed by atoms with E-state index >= 15 is 0 Å². The maximum atomic E-state index is 12.7. The Labute approximate surface area is 148 Å². The number of hydrogen-bond acceptors (Lipinski definition) is 3. The van der Waals surface area contributed by atoms with Crippen LogP contribution < -0.4 is 16.8 Å². The van der Waals surface area contributed by atoms with Crippen LogP contribution in [0.25, 0.3) is 10.9 Å². The van der Waals surface area contributed by atoms with Crippen LogP contribution in [0.3, 0.4) is 0 Å². The van der Waals surface area contributed by atoms with Gasteiger partial charge in [-0.05, 0) is 55.6 Å². The number of aromatic nitrogens is 1. The molecule has 2 unspecified atom stereocenters. The van der Waals surface area contributed by atoms with Crippen LogP contribution in [-0.2, 0) is 11.2 Å². The molecule has 2 aromatic rings. The highest BCUT2D eigenvalue weighted by molar-refractivity contribution is 5.86. The number of carbonyl (C=O) groups excluding carboxylic acids is 1. The number of para-hydroxylation sites is 1. The largest absolute Gasteiger partial charge is 0.361 e. The van der Waals surface area contributed by atoms with Crippen molar-refractivity contribution in [2.75, 3.05) is 0 Å². The molecule has 134 valence electrons. The van der Waals surface area contributed by atoms with E-state index in [2.05, 4.69) is 16.4 Å². The highest BCUT2D eigenvalue weighted by Crippen LogP contribution is 2.39. The van der Waals surface area contributed by atoms with Crippen molar-refractivity contribution in [1.82, 2.24) is 10.3 Å². The lowest BCUT2D eigenvalue weighted by atomic mass is 9.67. The Bertz CT molecular complexity index is 741. The van der Waals surface area contributed by atoms with Crippen molar-refractivity contribution in [2.45, 2.75) is 56.7 Å². The molecule has 2 bridgehead atoms. The summed E-state index contributed by atoms with van der Waals surface area (Å²) in [5.74, 6) is 1.01. The predicted octanol–water partition coefficient (Wildman–Crippen LogP) is 2.06. The smallest absolute Gasteiger partial charge is 0.237 e. The highest BCUT2D eigenvalue weighted by Gasteiger charge is 2.40. The number of carbonyl (C=O) groups is 1. The Morgan fingerprint density at radius 3 is 2.72 bits per heavy atom. The fourth-order valence-corrected chi connectivity index (χ4v) is 4.93. The van der Waals surface area contributed by atoms with Gasteiger partial charge in [0.05, 0.1) is 6.04 Å². The molecule has 3 atom stereocenters. The molecule has 2 aliphatic rings. The van der Waals surface area contributed by atoms with Gasteiger partial charge in [-0.3, -0.25) is 4.79 Å². The molecular weight excluding hydrogens is 312 g/mol. The lowest BCUT2D eigenvalue weighted by Crippen LogP contribution is -2.56. The number of fused-ring (bicyclic) bond motifs is 3. The Kier molecular flexibility index (Phi) is 4.52. The summed E-state index contributed by atoms with van der Waals surface area (Å²) in [7, 11) is 0. The zero-order chi connectivity index (χ0) is 17.4. The molecule has 1 heterocycles. The Morgan fingerprint density at radius 1 is 1.24 bits per heavy atom. The van der Waals surface area contributed by atoms with Crippen LogP contribution >= 0.6 is 0 Å². The standard InChI is InChI=1S/C20H28N4O/c21-15-8-12-4-3-5-13(9-15)19(12)24-20(25)17(22)10-14-11-23-18-7-2-1-6-16(14)18/h1-2,6-7,11-13,15,17,19,23H,3-5,8-10,21-22H2,(H,24,25)/t12?,13?,15?,17-,19?/m0/s1. The number of H-pyrrole nitrogens is 1. The van der Waals surface area contributed by atoms with Crippen molar-refractivity contribution in [3.8, 4) is 0 Å². The molecule has 5 heteroatoms. The zero-order valence-electron chi connectivity index (χ0n) is 14.6. The first-order valence-electron chi connectivity index (χ1n) is 9.48. The van der Waals surface area contributed by atoms with E-state index < -0.39 is 6.04 Å². The normalized spacial score (nSPS) is 30.2. The lowest BCUT2D eigenvalue weighted by molar-refractivity contribution is -0.124. The van der Waals surface area contributed by atoms with Crippen LogP contribution in [-0.4, -0.2) is 29.0 Å². The molecule has 2 aliphatic carbocycles. The third-order valence-electron chi connectivity index (χ3n) is 6.14. The van der Waals surface area contributed by atoms with Crippen molar-refractivity contribution in [3.05, 3.63) is 36.0 Å². The SMILES string of the molecule is NC1CC2CCCC(C1)C2NC(=O)[C@@H](N)Cc1c[nH]c2ccccc12. The van der Waals surface area contributed by atoms with Crippen LogP contribution in [0.1, 0.15) is 37.7 Å². The minimum Gasteiger partial charge on any atom is -0.361 e. The van der Waals surface area contributed by atoms with Crippen LogP contribution in [0.2, 0.25) is 0 Å². The van der Waals surface area contributed by atoms with E-state index in [-0.39, 0.29) is 11.9 Å². The highest BCUT2D eigenvalue weighted by atomic mass is 16.2. The fourth-order valence-electron chi connectivity index (χ4n) is 4.93. The van der Waals surface area contributed by atoms with E-state index in [9.17, 15) is 4.79 Å². The van der Waals surface area contributed by atoms with Crippen LogP contribution in [0.5, 0.6) is 0 Å². The average molecular weight is 340 g/mol. The number of nitrogens with one attached hydrogen (secondary N) is 2. The van der Waals surface area contributed by atoms with Crippen molar-refractivity contribution >= 4 is 16.8 Å². The van der Waals surface area contributed by atoms with Gasteiger partial charge in [0, 0.05) is 29.2 Å². The molecule has 6 N–H and O–H groups in total. The van der Waals surface area contributed by atoms with E-state index in [0.717, 1.165) is 29.3 Å². The summed E-state index contributed by atoms with van der Waals surface area (Å²) < 4.78 is 0. The van der Waals surface area contributed by atoms with Crippen LogP contribution in [0.15, 0.2) is 30.5 Å². The summed E-state index contributed by atoms with van der Waals surface area (Å²) in [6.07, 6.45) is 8.18. The van der Waals surface area contributed by atoms with E-state index in [0.29, 0.717) is 24.3 Å². The third-order valence-corrected chi connectivity index (χ3v) is 6.14. The van der Waals surface area contributed by atoms with Gasteiger partial charge in [-0.1, -0.05) is 24.6 Å². The second kappa shape index (κ2) is 6.81. The zero-order valence-corrected chi connectivity index (χ0v) is 14.6. The van der Waals surface area contributed by atoms with Gasteiger partial charge in [0.2, 0.25) is 5.91 Å². The molecule has 2 fully saturated rings. The van der Waals surface area contributed by atoms with Gasteiger partial charge in [0.15, 0.2) is 0 Å². The predicted molar refractivity (Wildman–Crippen MR) is 99.9 cm³/mol. The van der Waals surface area contributed by atoms with Gasteiger partial charge in [-0.25, -0.2) is 0 Å². The second-order valence-electron chi connectivity index (χ2n) is 7.89. The quantitative estimate of drug-likeness (QED) is 0.686. The molecule has 0 saturated heterocycles. The first-order valence-corrected chi connectivity index (χ1v) is 9.48. The molecule has 0 radical (unpaired) electrons.